The fourth-order valence-electron chi connectivity index (χ4n) is 0.928. The molecule has 7 heteroatoms. The molecule has 1 aromatic heterocycles. The second-order valence-corrected chi connectivity index (χ2v) is 3.49. The van der Waals surface area contributed by atoms with E-state index < -0.39 is 12.6 Å². The molecular weight excluding hydrogens is 211 g/mol. The summed E-state index contributed by atoms with van der Waals surface area (Å²) in [4.78, 5) is 3.64. The molecule has 0 aliphatic rings. The highest BCUT2D eigenvalue weighted by Gasteiger charge is 2.31. The largest absolute Gasteiger partial charge is 0.396 e. The standard InChI is InChI=1S/C8H12F3N3O/c1-4(5(2)12)7-13-6(14-15-7)3-8(9,10)11/h4-5H,3,12H2,1-2H3. The van der Waals surface area contributed by atoms with Crippen molar-refractivity contribution in [1.29, 1.82) is 0 Å². The highest BCUT2D eigenvalue weighted by molar-refractivity contribution is 4.96. The van der Waals surface area contributed by atoms with Gasteiger partial charge in [0.1, 0.15) is 6.42 Å². The normalized spacial score (nSPS) is 16.4. The molecular formula is C8H12F3N3O. The second kappa shape index (κ2) is 4.18. The molecule has 0 aliphatic heterocycles. The van der Waals surface area contributed by atoms with Gasteiger partial charge in [0.2, 0.25) is 5.89 Å². The molecule has 0 aromatic carbocycles. The maximum Gasteiger partial charge on any atom is 0.396 e. The van der Waals surface area contributed by atoms with Gasteiger partial charge in [-0.25, -0.2) is 0 Å². The fourth-order valence-corrected chi connectivity index (χ4v) is 0.928. The van der Waals surface area contributed by atoms with Gasteiger partial charge < -0.3 is 10.3 Å². The van der Waals surface area contributed by atoms with E-state index in [4.69, 9.17) is 10.3 Å². The molecule has 0 amide bonds. The molecule has 0 saturated carbocycles. The summed E-state index contributed by atoms with van der Waals surface area (Å²) in [5, 5.41) is 3.24. The Balaban J connectivity index is 2.72. The summed E-state index contributed by atoms with van der Waals surface area (Å²) in [6.07, 6.45) is -5.50. The molecule has 1 heterocycles. The van der Waals surface area contributed by atoms with Gasteiger partial charge in [0.15, 0.2) is 5.82 Å². The number of aromatic nitrogens is 2. The van der Waals surface area contributed by atoms with Crippen LogP contribution < -0.4 is 5.73 Å². The van der Waals surface area contributed by atoms with E-state index in [1.807, 2.05) is 0 Å². The van der Waals surface area contributed by atoms with Crippen molar-refractivity contribution in [3.63, 3.8) is 0 Å². The first-order valence-corrected chi connectivity index (χ1v) is 4.44. The average molecular weight is 223 g/mol. The van der Waals surface area contributed by atoms with E-state index in [0.29, 0.717) is 0 Å². The Morgan fingerprint density at radius 3 is 2.47 bits per heavy atom. The maximum atomic E-state index is 12.0. The Kier molecular flexibility index (Phi) is 3.33. The maximum absolute atomic E-state index is 12.0. The first kappa shape index (κ1) is 12.0. The lowest BCUT2D eigenvalue weighted by atomic mass is 10.1. The van der Waals surface area contributed by atoms with Crippen LogP contribution in [0, 0.1) is 0 Å². The predicted molar refractivity (Wildman–Crippen MR) is 46.1 cm³/mol. The molecule has 0 radical (unpaired) electrons. The highest BCUT2D eigenvalue weighted by Crippen LogP contribution is 2.21. The summed E-state index contributed by atoms with van der Waals surface area (Å²) in [6, 6.07) is -0.246. The number of hydrogen-bond donors (Lipinski definition) is 1. The fraction of sp³-hybridized carbons (Fsp3) is 0.750. The van der Waals surface area contributed by atoms with Crippen LogP contribution in [0.3, 0.4) is 0 Å². The molecule has 86 valence electrons. The smallest absolute Gasteiger partial charge is 0.339 e. The highest BCUT2D eigenvalue weighted by atomic mass is 19.4. The molecule has 0 spiro atoms. The predicted octanol–water partition coefficient (Wildman–Crippen LogP) is 1.63. The third-order valence-electron chi connectivity index (χ3n) is 2.02. The van der Waals surface area contributed by atoms with Gasteiger partial charge in [-0.3, -0.25) is 0 Å². The molecule has 0 fully saturated rings. The summed E-state index contributed by atoms with van der Waals surface area (Å²) >= 11 is 0. The second-order valence-electron chi connectivity index (χ2n) is 3.49. The van der Waals surface area contributed by atoms with E-state index in [-0.39, 0.29) is 23.7 Å². The molecule has 0 bridgehead atoms. The van der Waals surface area contributed by atoms with Crippen LogP contribution >= 0.6 is 0 Å². The Morgan fingerprint density at radius 1 is 1.40 bits per heavy atom. The van der Waals surface area contributed by atoms with Crippen molar-refractivity contribution in [3.8, 4) is 0 Å². The third-order valence-corrected chi connectivity index (χ3v) is 2.02. The van der Waals surface area contributed by atoms with E-state index in [9.17, 15) is 13.2 Å². The van der Waals surface area contributed by atoms with Crippen LogP contribution in [0.2, 0.25) is 0 Å². The van der Waals surface area contributed by atoms with Crippen LogP contribution in [0.1, 0.15) is 31.5 Å². The summed E-state index contributed by atoms with van der Waals surface area (Å²) < 4.78 is 40.6. The van der Waals surface area contributed by atoms with Crippen LogP contribution in [0.25, 0.3) is 0 Å². The molecule has 1 aromatic rings. The van der Waals surface area contributed by atoms with Gasteiger partial charge in [-0.05, 0) is 6.92 Å². The lowest BCUT2D eigenvalue weighted by Crippen LogP contribution is -2.22. The van der Waals surface area contributed by atoms with Crippen molar-refractivity contribution < 1.29 is 17.7 Å². The molecule has 2 atom stereocenters. The summed E-state index contributed by atoms with van der Waals surface area (Å²) in [5.41, 5.74) is 5.55. The van der Waals surface area contributed by atoms with Crippen molar-refractivity contribution >= 4 is 0 Å². The van der Waals surface area contributed by atoms with E-state index in [1.165, 1.54) is 0 Å². The van der Waals surface area contributed by atoms with Crippen molar-refractivity contribution in [1.82, 2.24) is 10.1 Å². The minimum absolute atomic E-state index is 0.143. The number of halogens is 3. The summed E-state index contributed by atoms with van der Waals surface area (Å²) in [6.45, 7) is 3.44. The Bertz CT molecular complexity index is 321. The number of nitrogens with zero attached hydrogens (tertiary/aromatic N) is 2. The van der Waals surface area contributed by atoms with Gasteiger partial charge in [-0.2, -0.15) is 18.2 Å². The molecule has 15 heavy (non-hydrogen) atoms. The topological polar surface area (TPSA) is 64.9 Å². The van der Waals surface area contributed by atoms with Gasteiger partial charge >= 0.3 is 6.18 Å². The minimum atomic E-state index is -4.32. The van der Waals surface area contributed by atoms with Gasteiger partial charge in [-0.1, -0.05) is 12.1 Å². The zero-order chi connectivity index (χ0) is 11.6. The molecule has 0 aliphatic carbocycles. The average Bonchev–Trinajstić information content (AvgIpc) is 2.48. The zero-order valence-electron chi connectivity index (χ0n) is 8.38. The van der Waals surface area contributed by atoms with Gasteiger partial charge in [0.25, 0.3) is 0 Å². The first-order chi connectivity index (χ1) is 6.79. The number of rotatable bonds is 3. The Morgan fingerprint density at radius 2 is 2.00 bits per heavy atom. The Hall–Kier alpha value is -1.11. The van der Waals surface area contributed by atoms with Crippen molar-refractivity contribution in [2.24, 2.45) is 5.73 Å². The summed E-state index contributed by atoms with van der Waals surface area (Å²) in [5.74, 6) is -0.464. The van der Waals surface area contributed by atoms with E-state index >= 15 is 0 Å². The summed E-state index contributed by atoms with van der Waals surface area (Å²) in [7, 11) is 0. The van der Waals surface area contributed by atoms with Gasteiger partial charge in [-0.15, -0.1) is 0 Å². The molecule has 2 unspecified atom stereocenters. The van der Waals surface area contributed by atoms with E-state index in [2.05, 4.69) is 10.1 Å². The first-order valence-electron chi connectivity index (χ1n) is 4.44. The van der Waals surface area contributed by atoms with Crippen LogP contribution in [0.5, 0.6) is 0 Å². The lowest BCUT2D eigenvalue weighted by molar-refractivity contribution is -0.128. The van der Waals surface area contributed by atoms with Crippen LogP contribution in [0.15, 0.2) is 4.52 Å². The SMILES string of the molecule is CC(N)C(C)c1nc(CC(F)(F)F)no1. The number of hydrogen-bond acceptors (Lipinski definition) is 4. The van der Waals surface area contributed by atoms with Gasteiger partial charge in [0.05, 0.1) is 5.92 Å². The lowest BCUT2D eigenvalue weighted by Gasteiger charge is -2.09. The molecule has 1 rings (SSSR count). The Labute approximate surface area is 84.6 Å². The van der Waals surface area contributed by atoms with Crippen LogP contribution in [-0.2, 0) is 6.42 Å². The van der Waals surface area contributed by atoms with Crippen LogP contribution in [0.4, 0.5) is 13.2 Å². The van der Waals surface area contributed by atoms with Crippen molar-refractivity contribution in [2.45, 2.75) is 38.4 Å². The monoisotopic (exact) mass is 223 g/mol. The number of alkyl halides is 3. The van der Waals surface area contributed by atoms with E-state index in [1.54, 1.807) is 13.8 Å². The minimum Gasteiger partial charge on any atom is -0.339 e. The third kappa shape index (κ3) is 3.50. The quantitative estimate of drug-likeness (QED) is 0.845. The molecule has 4 nitrogen and oxygen atoms in total. The zero-order valence-corrected chi connectivity index (χ0v) is 8.38. The van der Waals surface area contributed by atoms with Crippen molar-refractivity contribution in [3.05, 3.63) is 11.7 Å². The van der Waals surface area contributed by atoms with E-state index in [0.717, 1.165) is 0 Å². The van der Waals surface area contributed by atoms with Crippen LogP contribution in [-0.4, -0.2) is 22.4 Å². The molecule has 2 N–H and O–H groups in total. The van der Waals surface area contributed by atoms with Crippen molar-refractivity contribution in [2.75, 3.05) is 0 Å². The van der Waals surface area contributed by atoms with Gasteiger partial charge in [0, 0.05) is 6.04 Å². The molecule has 0 saturated heterocycles. The number of nitrogens with two attached hydrogens (primary N) is 1.